The molecule has 0 radical (unpaired) electrons. The van der Waals surface area contributed by atoms with Gasteiger partial charge < -0.3 is 5.11 Å². The number of aryl methyl sites for hydroxylation is 2. The predicted molar refractivity (Wildman–Crippen MR) is 81.7 cm³/mol. The molecule has 0 saturated heterocycles. The van der Waals surface area contributed by atoms with Crippen molar-refractivity contribution in [1.29, 1.82) is 0 Å². The highest BCUT2D eigenvalue weighted by molar-refractivity contribution is 5.89. The van der Waals surface area contributed by atoms with Crippen molar-refractivity contribution >= 4 is 11.6 Å². The van der Waals surface area contributed by atoms with Crippen LogP contribution in [0.4, 0.5) is 0 Å². The van der Waals surface area contributed by atoms with Gasteiger partial charge in [0.2, 0.25) is 0 Å². The van der Waals surface area contributed by atoms with E-state index in [0.717, 1.165) is 23.4 Å². The first kappa shape index (κ1) is 13.4. The monoisotopic (exact) mass is 280 g/mol. The Balaban J connectivity index is 2.28. The van der Waals surface area contributed by atoms with Crippen LogP contribution in [-0.4, -0.2) is 20.5 Å². The average Bonchev–Trinajstić information content (AvgIpc) is 2.81. The van der Waals surface area contributed by atoms with Crippen LogP contribution in [0.3, 0.4) is 0 Å². The summed E-state index contributed by atoms with van der Waals surface area (Å²) in [5.74, 6) is -0.936. The summed E-state index contributed by atoms with van der Waals surface area (Å²) in [6, 6.07) is 11.4. The SMILES string of the molecule is CCc1ccccc1-c1c(C)nc2cc(C(=O)O)ccn12. The molecule has 3 rings (SSSR count). The van der Waals surface area contributed by atoms with Gasteiger partial charge in [-0.25, -0.2) is 9.78 Å². The van der Waals surface area contributed by atoms with Crippen LogP contribution in [0.15, 0.2) is 42.6 Å². The number of nitrogens with zero attached hydrogens (tertiary/aromatic N) is 2. The van der Waals surface area contributed by atoms with Gasteiger partial charge in [0.25, 0.3) is 0 Å². The molecule has 106 valence electrons. The number of fused-ring (bicyclic) bond motifs is 1. The smallest absolute Gasteiger partial charge is 0.335 e. The van der Waals surface area contributed by atoms with Gasteiger partial charge in [0.05, 0.1) is 17.0 Å². The molecule has 2 heterocycles. The van der Waals surface area contributed by atoms with Crippen molar-refractivity contribution in [3.05, 3.63) is 59.4 Å². The molecule has 2 aromatic heterocycles. The lowest BCUT2D eigenvalue weighted by molar-refractivity contribution is 0.0697. The molecule has 0 unspecified atom stereocenters. The van der Waals surface area contributed by atoms with E-state index in [0.29, 0.717) is 5.65 Å². The second-order valence-electron chi connectivity index (χ2n) is 5.01. The van der Waals surface area contributed by atoms with Crippen LogP contribution in [0.5, 0.6) is 0 Å². The van der Waals surface area contributed by atoms with Gasteiger partial charge in [0, 0.05) is 11.8 Å². The fourth-order valence-electron chi connectivity index (χ4n) is 2.68. The molecule has 0 spiro atoms. The van der Waals surface area contributed by atoms with Gasteiger partial charge in [-0.3, -0.25) is 4.40 Å². The number of carbonyl (C=O) groups is 1. The van der Waals surface area contributed by atoms with Crippen LogP contribution in [0, 0.1) is 6.92 Å². The fourth-order valence-corrected chi connectivity index (χ4v) is 2.68. The lowest BCUT2D eigenvalue weighted by Gasteiger charge is -2.09. The van der Waals surface area contributed by atoms with Crippen molar-refractivity contribution in [3.63, 3.8) is 0 Å². The van der Waals surface area contributed by atoms with Gasteiger partial charge in [-0.15, -0.1) is 0 Å². The van der Waals surface area contributed by atoms with E-state index in [1.165, 1.54) is 5.56 Å². The number of hydrogen-bond donors (Lipinski definition) is 1. The molecule has 0 aliphatic carbocycles. The number of hydrogen-bond acceptors (Lipinski definition) is 2. The van der Waals surface area contributed by atoms with E-state index in [-0.39, 0.29) is 5.56 Å². The van der Waals surface area contributed by atoms with Gasteiger partial charge in [0.1, 0.15) is 5.65 Å². The summed E-state index contributed by atoms with van der Waals surface area (Å²) in [4.78, 5) is 15.6. The molecule has 1 aromatic carbocycles. The molecule has 0 aliphatic rings. The van der Waals surface area contributed by atoms with Gasteiger partial charge in [-0.2, -0.15) is 0 Å². The molecule has 0 atom stereocenters. The largest absolute Gasteiger partial charge is 0.478 e. The Morgan fingerprint density at radius 3 is 2.76 bits per heavy atom. The number of carboxylic acid groups (broad SMARTS) is 1. The Morgan fingerprint density at radius 2 is 2.05 bits per heavy atom. The zero-order valence-corrected chi connectivity index (χ0v) is 12.0. The topological polar surface area (TPSA) is 54.6 Å². The highest BCUT2D eigenvalue weighted by atomic mass is 16.4. The van der Waals surface area contributed by atoms with E-state index >= 15 is 0 Å². The van der Waals surface area contributed by atoms with Crippen molar-refractivity contribution in [2.75, 3.05) is 0 Å². The van der Waals surface area contributed by atoms with Crippen LogP contribution < -0.4 is 0 Å². The van der Waals surface area contributed by atoms with Gasteiger partial charge in [-0.05, 0) is 31.0 Å². The van der Waals surface area contributed by atoms with Crippen molar-refractivity contribution in [3.8, 4) is 11.3 Å². The lowest BCUT2D eigenvalue weighted by atomic mass is 10.0. The standard InChI is InChI=1S/C17H16N2O2/c1-3-12-6-4-5-7-14(12)16-11(2)18-15-10-13(17(20)21)8-9-19(15)16/h4-10H,3H2,1-2H3,(H,20,21). The Morgan fingerprint density at radius 1 is 1.29 bits per heavy atom. The Hall–Kier alpha value is -2.62. The molecule has 4 heteroatoms. The van der Waals surface area contributed by atoms with Gasteiger partial charge in [0.15, 0.2) is 0 Å². The molecule has 4 nitrogen and oxygen atoms in total. The second-order valence-corrected chi connectivity index (χ2v) is 5.01. The number of aromatic nitrogens is 2. The highest BCUT2D eigenvalue weighted by Gasteiger charge is 2.14. The molecule has 0 amide bonds. The highest BCUT2D eigenvalue weighted by Crippen LogP contribution is 2.28. The summed E-state index contributed by atoms with van der Waals surface area (Å²) in [6.45, 7) is 4.08. The third kappa shape index (κ3) is 2.18. The summed E-state index contributed by atoms with van der Waals surface area (Å²) in [6.07, 6.45) is 2.72. The molecule has 0 fully saturated rings. The maximum Gasteiger partial charge on any atom is 0.335 e. The third-order valence-corrected chi connectivity index (χ3v) is 3.70. The van der Waals surface area contributed by atoms with Crippen molar-refractivity contribution in [1.82, 2.24) is 9.38 Å². The summed E-state index contributed by atoms with van der Waals surface area (Å²) >= 11 is 0. The minimum absolute atomic E-state index is 0.253. The number of carboxylic acids is 1. The van der Waals surface area contributed by atoms with E-state index in [1.54, 1.807) is 18.3 Å². The first-order chi connectivity index (χ1) is 10.1. The number of rotatable bonds is 3. The van der Waals surface area contributed by atoms with Crippen LogP contribution >= 0.6 is 0 Å². The van der Waals surface area contributed by atoms with Crippen LogP contribution in [-0.2, 0) is 6.42 Å². The zero-order valence-electron chi connectivity index (χ0n) is 12.0. The maximum absolute atomic E-state index is 11.1. The fraction of sp³-hybridized carbons (Fsp3) is 0.176. The van der Waals surface area contributed by atoms with E-state index < -0.39 is 5.97 Å². The van der Waals surface area contributed by atoms with Crippen LogP contribution in [0.25, 0.3) is 16.9 Å². The van der Waals surface area contributed by atoms with Crippen LogP contribution in [0.2, 0.25) is 0 Å². The third-order valence-electron chi connectivity index (χ3n) is 3.70. The number of pyridine rings is 1. The summed E-state index contributed by atoms with van der Waals surface area (Å²) in [5.41, 5.74) is 5.24. The number of benzene rings is 1. The second kappa shape index (κ2) is 5.05. The molecule has 3 aromatic rings. The van der Waals surface area contributed by atoms with Crippen LogP contribution in [0.1, 0.15) is 28.5 Å². The molecule has 0 bridgehead atoms. The van der Waals surface area contributed by atoms with Gasteiger partial charge in [-0.1, -0.05) is 31.2 Å². The van der Waals surface area contributed by atoms with Crippen molar-refractivity contribution in [2.45, 2.75) is 20.3 Å². The predicted octanol–water partition coefficient (Wildman–Crippen LogP) is 3.57. The molecule has 1 N–H and O–H groups in total. The van der Waals surface area contributed by atoms with Crippen molar-refractivity contribution in [2.24, 2.45) is 0 Å². The number of aromatic carboxylic acids is 1. The summed E-state index contributed by atoms with van der Waals surface area (Å²) in [7, 11) is 0. The first-order valence-electron chi connectivity index (χ1n) is 6.92. The Kier molecular flexibility index (Phi) is 3.22. The zero-order chi connectivity index (χ0) is 15.0. The molecule has 21 heavy (non-hydrogen) atoms. The van der Waals surface area contributed by atoms with E-state index in [9.17, 15) is 4.79 Å². The normalized spacial score (nSPS) is 11.0. The Bertz CT molecular complexity index is 834. The van der Waals surface area contributed by atoms with Crippen molar-refractivity contribution < 1.29 is 9.90 Å². The summed E-state index contributed by atoms with van der Waals surface area (Å²) in [5, 5.41) is 9.08. The minimum atomic E-state index is -0.936. The lowest BCUT2D eigenvalue weighted by Crippen LogP contribution is -1.98. The first-order valence-corrected chi connectivity index (χ1v) is 6.92. The summed E-state index contributed by atoms with van der Waals surface area (Å²) < 4.78 is 1.95. The number of imidazole rings is 1. The van der Waals surface area contributed by atoms with E-state index in [1.807, 2.05) is 23.5 Å². The quantitative estimate of drug-likeness (QED) is 0.798. The minimum Gasteiger partial charge on any atom is -0.478 e. The van der Waals surface area contributed by atoms with E-state index in [4.69, 9.17) is 5.11 Å². The van der Waals surface area contributed by atoms with E-state index in [2.05, 4.69) is 24.0 Å². The Labute approximate surface area is 122 Å². The molecule has 0 aliphatic heterocycles. The average molecular weight is 280 g/mol. The molecule has 0 saturated carbocycles. The molecular weight excluding hydrogens is 264 g/mol. The maximum atomic E-state index is 11.1. The van der Waals surface area contributed by atoms with Gasteiger partial charge >= 0.3 is 5.97 Å². The molecular formula is C17H16N2O2.